The predicted molar refractivity (Wildman–Crippen MR) is 113 cm³/mol. The van der Waals surface area contributed by atoms with Gasteiger partial charge in [0.2, 0.25) is 5.91 Å². The van der Waals surface area contributed by atoms with Crippen LogP contribution in [0.2, 0.25) is 0 Å². The summed E-state index contributed by atoms with van der Waals surface area (Å²) >= 11 is 1.86. The summed E-state index contributed by atoms with van der Waals surface area (Å²) in [5, 5.41) is 0. The van der Waals surface area contributed by atoms with Crippen molar-refractivity contribution in [3.63, 3.8) is 0 Å². The van der Waals surface area contributed by atoms with E-state index in [1.165, 1.54) is 11.1 Å². The molecular formula is C23H29NO2S. The van der Waals surface area contributed by atoms with Crippen molar-refractivity contribution in [3.8, 4) is 0 Å². The number of thioether (sulfide) groups is 1. The quantitative estimate of drug-likeness (QED) is 0.625. The van der Waals surface area contributed by atoms with E-state index in [1.807, 2.05) is 40.9 Å². The number of hydrogen-bond donors (Lipinski definition) is 0. The van der Waals surface area contributed by atoms with Crippen molar-refractivity contribution in [3.05, 3.63) is 71.8 Å². The van der Waals surface area contributed by atoms with Gasteiger partial charge in [-0.05, 0) is 31.4 Å². The van der Waals surface area contributed by atoms with Gasteiger partial charge in [-0.1, -0.05) is 60.7 Å². The van der Waals surface area contributed by atoms with Crippen molar-refractivity contribution in [2.24, 2.45) is 5.92 Å². The van der Waals surface area contributed by atoms with E-state index < -0.39 is 0 Å². The Hall–Kier alpha value is -1.78. The van der Waals surface area contributed by atoms with E-state index in [0.29, 0.717) is 19.1 Å². The number of nitrogens with zero attached hydrogens (tertiary/aromatic N) is 1. The minimum Gasteiger partial charge on any atom is -0.375 e. The van der Waals surface area contributed by atoms with E-state index in [1.54, 1.807) is 0 Å². The summed E-state index contributed by atoms with van der Waals surface area (Å²) in [6, 6.07) is 21.1. The van der Waals surface area contributed by atoms with Gasteiger partial charge >= 0.3 is 0 Å². The molecule has 3 nitrogen and oxygen atoms in total. The molecule has 0 radical (unpaired) electrons. The lowest BCUT2D eigenvalue weighted by molar-refractivity contribution is -0.133. The van der Waals surface area contributed by atoms with Crippen LogP contribution in [0, 0.1) is 5.92 Å². The van der Waals surface area contributed by atoms with Crippen LogP contribution in [0.15, 0.2) is 60.7 Å². The van der Waals surface area contributed by atoms with Gasteiger partial charge in [-0.25, -0.2) is 0 Å². The van der Waals surface area contributed by atoms with Crippen LogP contribution in [0.3, 0.4) is 0 Å². The Bertz CT molecular complexity index is 705. The van der Waals surface area contributed by atoms with Gasteiger partial charge in [0.05, 0.1) is 19.3 Å². The fraction of sp³-hybridized carbons (Fsp3) is 0.435. The van der Waals surface area contributed by atoms with Gasteiger partial charge in [0.25, 0.3) is 0 Å². The Morgan fingerprint density at radius 1 is 1.04 bits per heavy atom. The maximum absolute atomic E-state index is 12.9. The lowest BCUT2D eigenvalue weighted by atomic mass is 10.1. The topological polar surface area (TPSA) is 29.5 Å². The summed E-state index contributed by atoms with van der Waals surface area (Å²) in [5.74, 6) is 2.23. The molecule has 0 saturated carbocycles. The summed E-state index contributed by atoms with van der Waals surface area (Å²) in [4.78, 5) is 14.9. The van der Waals surface area contributed by atoms with Crippen LogP contribution in [0.1, 0.15) is 31.4 Å². The van der Waals surface area contributed by atoms with Crippen LogP contribution in [0.5, 0.6) is 0 Å². The Balaban J connectivity index is 1.50. The number of rotatable bonds is 9. The van der Waals surface area contributed by atoms with Crippen LogP contribution in [0.25, 0.3) is 0 Å². The molecule has 1 fully saturated rings. The first-order valence-electron chi connectivity index (χ1n) is 9.70. The number of hydrogen-bond acceptors (Lipinski definition) is 3. The van der Waals surface area contributed by atoms with Crippen molar-refractivity contribution in [2.75, 3.05) is 12.4 Å². The second-order valence-electron chi connectivity index (χ2n) is 7.43. The molecule has 0 spiro atoms. The number of carbonyl (C=O) groups excluding carboxylic acids is 1. The number of ether oxygens (including phenoxy) is 1. The monoisotopic (exact) mass is 383 g/mol. The first-order chi connectivity index (χ1) is 13.1. The van der Waals surface area contributed by atoms with Gasteiger partial charge in [-0.3, -0.25) is 4.79 Å². The highest BCUT2D eigenvalue weighted by atomic mass is 32.2. The molecule has 1 aliphatic heterocycles. The second-order valence-corrected chi connectivity index (χ2v) is 8.46. The van der Waals surface area contributed by atoms with Crippen LogP contribution in [-0.2, 0) is 21.9 Å². The average Bonchev–Trinajstić information content (AvgIpc) is 2.99. The third kappa shape index (κ3) is 5.60. The first kappa shape index (κ1) is 20.0. The van der Waals surface area contributed by atoms with Crippen molar-refractivity contribution in [1.29, 1.82) is 0 Å². The van der Waals surface area contributed by atoms with Crippen LogP contribution in [-0.4, -0.2) is 35.3 Å². The molecule has 1 amide bonds. The Morgan fingerprint density at radius 2 is 1.67 bits per heavy atom. The third-order valence-corrected chi connectivity index (χ3v) is 6.14. The zero-order chi connectivity index (χ0) is 19.1. The molecule has 3 rings (SSSR count). The largest absolute Gasteiger partial charge is 0.375 e. The number of carbonyl (C=O) groups is 1. The molecule has 1 heterocycles. The lowest BCUT2D eigenvalue weighted by Gasteiger charge is -2.28. The van der Waals surface area contributed by atoms with Crippen molar-refractivity contribution in [1.82, 2.24) is 4.90 Å². The molecule has 1 saturated heterocycles. The van der Waals surface area contributed by atoms with Gasteiger partial charge in [0.15, 0.2) is 0 Å². The highest BCUT2D eigenvalue weighted by Gasteiger charge is 2.40. The van der Waals surface area contributed by atoms with E-state index in [0.717, 1.165) is 17.9 Å². The van der Waals surface area contributed by atoms with Crippen LogP contribution < -0.4 is 0 Å². The molecule has 4 heteroatoms. The van der Waals surface area contributed by atoms with Gasteiger partial charge in [0, 0.05) is 23.5 Å². The minimum atomic E-state index is 0.103. The van der Waals surface area contributed by atoms with Gasteiger partial charge in [-0.2, -0.15) is 11.8 Å². The van der Waals surface area contributed by atoms with Crippen molar-refractivity contribution >= 4 is 17.7 Å². The Morgan fingerprint density at radius 3 is 2.30 bits per heavy atom. The normalized spacial score (nSPS) is 19.8. The van der Waals surface area contributed by atoms with E-state index in [-0.39, 0.29) is 18.0 Å². The number of amides is 1. The minimum absolute atomic E-state index is 0.103. The van der Waals surface area contributed by atoms with Crippen molar-refractivity contribution < 1.29 is 9.53 Å². The molecule has 2 aromatic rings. The highest BCUT2D eigenvalue weighted by Crippen LogP contribution is 2.30. The average molecular weight is 384 g/mol. The molecule has 1 aliphatic rings. The standard InChI is InChI=1S/C23H29NO2S/c1-18(2)24-22(15-26-14-19-9-5-3-6-10-19)13-21(23(24)25)17-27-16-20-11-7-4-8-12-20/h3-12,18,21-22H,13-17H2,1-2H3. The molecule has 0 aromatic heterocycles. The number of benzene rings is 2. The summed E-state index contributed by atoms with van der Waals surface area (Å²) in [7, 11) is 0. The molecular weight excluding hydrogens is 354 g/mol. The smallest absolute Gasteiger partial charge is 0.227 e. The van der Waals surface area contributed by atoms with E-state index >= 15 is 0 Å². The molecule has 2 atom stereocenters. The predicted octanol–water partition coefficient (Wildman–Crippen LogP) is 4.76. The van der Waals surface area contributed by atoms with E-state index in [9.17, 15) is 4.79 Å². The molecule has 0 aliphatic carbocycles. The summed E-state index contributed by atoms with van der Waals surface area (Å²) in [6.45, 7) is 5.41. The summed E-state index contributed by atoms with van der Waals surface area (Å²) in [5.41, 5.74) is 2.49. The molecule has 144 valence electrons. The maximum Gasteiger partial charge on any atom is 0.227 e. The molecule has 0 N–H and O–H groups in total. The Labute approximate surface area is 167 Å². The SMILES string of the molecule is CC(C)N1C(=O)C(CSCc2ccccc2)CC1COCc1ccccc1. The fourth-order valence-corrected chi connectivity index (χ4v) is 4.79. The van der Waals surface area contributed by atoms with Gasteiger partial charge in [-0.15, -0.1) is 0 Å². The van der Waals surface area contributed by atoms with Gasteiger partial charge < -0.3 is 9.64 Å². The fourth-order valence-electron chi connectivity index (χ4n) is 3.68. The molecule has 0 bridgehead atoms. The zero-order valence-electron chi connectivity index (χ0n) is 16.2. The third-order valence-electron chi connectivity index (χ3n) is 4.96. The van der Waals surface area contributed by atoms with E-state index in [2.05, 4.69) is 50.2 Å². The summed E-state index contributed by atoms with van der Waals surface area (Å²) < 4.78 is 5.95. The first-order valence-corrected chi connectivity index (χ1v) is 10.9. The molecule has 2 unspecified atom stereocenters. The van der Waals surface area contributed by atoms with Crippen LogP contribution in [0.4, 0.5) is 0 Å². The lowest BCUT2D eigenvalue weighted by Crippen LogP contribution is -2.41. The molecule has 27 heavy (non-hydrogen) atoms. The van der Waals surface area contributed by atoms with Gasteiger partial charge in [0.1, 0.15) is 0 Å². The number of likely N-dealkylation sites (tertiary alicyclic amines) is 1. The summed E-state index contributed by atoms with van der Waals surface area (Å²) in [6.07, 6.45) is 0.896. The Kier molecular flexibility index (Phi) is 7.36. The highest BCUT2D eigenvalue weighted by molar-refractivity contribution is 7.98. The second kappa shape index (κ2) is 9.95. The maximum atomic E-state index is 12.9. The van der Waals surface area contributed by atoms with Crippen molar-refractivity contribution in [2.45, 2.75) is 44.7 Å². The van der Waals surface area contributed by atoms with E-state index in [4.69, 9.17) is 4.74 Å². The van der Waals surface area contributed by atoms with Crippen LogP contribution >= 0.6 is 11.8 Å². The zero-order valence-corrected chi connectivity index (χ0v) is 17.0. The molecule has 2 aromatic carbocycles.